The Balaban J connectivity index is 2.99. The molecule has 6 nitrogen and oxygen atoms in total. The molecule has 106 valence electrons. The number of sulfonamides is 1. The molecule has 0 aliphatic heterocycles. The molecule has 1 aromatic carbocycles. The number of rotatable bonds is 6. The molecule has 0 aromatic heterocycles. The van der Waals surface area contributed by atoms with Crippen molar-refractivity contribution in [2.45, 2.75) is 12.3 Å². The van der Waals surface area contributed by atoms with Gasteiger partial charge in [0.2, 0.25) is 5.91 Å². The average molecular weight is 293 g/mol. The molecule has 0 spiro atoms. The second-order valence-electron chi connectivity index (χ2n) is 3.78. The summed E-state index contributed by atoms with van der Waals surface area (Å²) in [6.07, 6.45) is 0. The number of anilines is 1. The Hall–Kier alpha value is -1.74. The van der Waals surface area contributed by atoms with E-state index in [0.717, 1.165) is 0 Å². The van der Waals surface area contributed by atoms with Gasteiger partial charge in [-0.1, -0.05) is 12.1 Å². The Bertz CT molecular complexity index is 546. The highest BCUT2D eigenvalue weighted by atomic mass is 32.2. The van der Waals surface area contributed by atoms with Crippen LogP contribution in [0.2, 0.25) is 0 Å². The van der Waals surface area contributed by atoms with E-state index in [1.165, 1.54) is 24.3 Å². The van der Waals surface area contributed by atoms with Gasteiger partial charge in [-0.25, -0.2) is 8.42 Å². The third kappa shape index (κ3) is 4.14. The molecule has 4 N–H and O–H groups in total. The smallest absolute Gasteiger partial charge is 0.350 e. The highest BCUT2D eigenvalue weighted by Crippen LogP contribution is 2.16. The van der Waals surface area contributed by atoms with E-state index in [4.69, 9.17) is 11.5 Å². The second kappa shape index (κ2) is 5.93. The molecule has 1 amide bonds. The topological polar surface area (TPSA) is 106 Å². The van der Waals surface area contributed by atoms with Crippen molar-refractivity contribution in [3.8, 4) is 0 Å². The molecule has 0 heterocycles. The standard InChI is InChI=1S/C10H13F2N3O3S/c11-10(12)19(17,18)15(6-9(14)16)5-7-1-3-8(13)4-2-7/h1-4,10H,5-6,13H2,(H2,14,16). The lowest BCUT2D eigenvalue weighted by Crippen LogP contribution is -2.40. The minimum Gasteiger partial charge on any atom is -0.399 e. The van der Waals surface area contributed by atoms with Crippen molar-refractivity contribution in [1.82, 2.24) is 4.31 Å². The third-order valence-electron chi connectivity index (χ3n) is 2.26. The lowest BCUT2D eigenvalue weighted by atomic mass is 10.2. The SMILES string of the molecule is NC(=O)CN(Cc1ccc(N)cc1)S(=O)(=O)C(F)F. The summed E-state index contributed by atoms with van der Waals surface area (Å²) in [5.41, 5.74) is 11.2. The molecule has 1 aromatic rings. The molecule has 0 fully saturated rings. The average Bonchev–Trinajstić information content (AvgIpc) is 2.30. The zero-order chi connectivity index (χ0) is 14.6. The Morgan fingerprint density at radius 1 is 1.26 bits per heavy atom. The van der Waals surface area contributed by atoms with Crippen LogP contribution in [0.3, 0.4) is 0 Å². The Morgan fingerprint density at radius 3 is 2.21 bits per heavy atom. The first-order chi connectivity index (χ1) is 8.73. The molecule has 9 heteroatoms. The molecule has 19 heavy (non-hydrogen) atoms. The van der Waals surface area contributed by atoms with Gasteiger partial charge in [-0.15, -0.1) is 0 Å². The Morgan fingerprint density at radius 2 is 1.79 bits per heavy atom. The number of halogens is 2. The molecule has 0 atom stereocenters. The van der Waals surface area contributed by atoms with E-state index in [1.807, 2.05) is 0 Å². The van der Waals surface area contributed by atoms with E-state index in [9.17, 15) is 22.0 Å². The Labute approximate surface area is 109 Å². The molecule has 0 unspecified atom stereocenters. The number of amides is 1. The molecule has 0 saturated carbocycles. The number of carbonyl (C=O) groups excluding carboxylic acids is 1. The molecule has 0 bridgehead atoms. The van der Waals surface area contributed by atoms with Gasteiger partial charge >= 0.3 is 5.76 Å². The number of alkyl halides is 2. The second-order valence-corrected chi connectivity index (χ2v) is 5.68. The summed E-state index contributed by atoms with van der Waals surface area (Å²) in [4.78, 5) is 10.8. The van der Waals surface area contributed by atoms with Crippen LogP contribution in [0.25, 0.3) is 0 Å². The van der Waals surface area contributed by atoms with Crippen LogP contribution in [0.5, 0.6) is 0 Å². The van der Waals surface area contributed by atoms with E-state index in [-0.39, 0.29) is 6.54 Å². The highest BCUT2D eigenvalue weighted by molar-refractivity contribution is 7.89. The van der Waals surface area contributed by atoms with Gasteiger partial charge in [-0.3, -0.25) is 4.79 Å². The first kappa shape index (κ1) is 15.3. The largest absolute Gasteiger partial charge is 0.399 e. The van der Waals surface area contributed by atoms with Gasteiger partial charge in [-0.2, -0.15) is 13.1 Å². The number of hydrogen-bond acceptors (Lipinski definition) is 4. The zero-order valence-electron chi connectivity index (χ0n) is 9.79. The van der Waals surface area contributed by atoms with Gasteiger partial charge < -0.3 is 11.5 Å². The molecular formula is C10H13F2N3O3S. The van der Waals surface area contributed by atoms with Crippen LogP contribution in [0, 0.1) is 0 Å². The lowest BCUT2D eigenvalue weighted by molar-refractivity contribution is -0.118. The zero-order valence-corrected chi connectivity index (χ0v) is 10.6. The van der Waals surface area contributed by atoms with Gasteiger partial charge in [0.15, 0.2) is 0 Å². The molecule has 0 radical (unpaired) electrons. The van der Waals surface area contributed by atoms with Crippen LogP contribution >= 0.6 is 0 Å². The summed E-state index contributed by atoms with van der Waals surface area (Å²) in [6, 6.07) is 5.94. The summed E-state index contributed by atoms with van der Waals surface area (Å²) in [5, 5.41) is 0. The molecule has 0 aliphatic carbocycles. The minimum atomic E-state index is -4.87. The summed E-state index contributed by atoms with van der Waals surface area (Å²) in [7, 11) is -4.87. The van der Waals surface area contributed by atoms with Crippen LogP contribution in [-0.4, -0.2) is 30.9 Å². The number of nitrogens with two attached hydrogens (primary N) is 2. The van der Waals surface area contributed by atoms with Crippen LogP contribution in [-0.2, 0) is 21.4 Å². The Kier molecular flexibility index (Phi) is 4.78. The lowest BCUT2D eigenvalue weighted by Gasteiger charge is -2.20. The number of nitrogens with zero attached hydrogens (tertiary/aromatic N) is 1. The monoisotopic (exact) mass is 293 g/mol. The summed E-state index contributed by atoms with van der Waals surface area (Å²) in [6.45, 7) is -1.19. The summed E-state index contributed by atoms with van der Waals surface area (Å²) in [5.74, 6) is -4.62. The predicted octanol–water partition coefficient (Wildman–Crippen LogP) is 0.109. The number of hydrogen-bond donors (Lipinski definition) is 2. The van der Waals surface area contributed by atoms with E-state index in [1.54, 1.807) is 0 Å². The first-order valence-electron chi connectivity index (χ1n) is 5.13. The number of benzene rings is 1. The summed E-state index contributed by atoms with van der Waals surface area (Å²) >= 11 is 0. The quantitative estimate of drug-likeness (QED) is 0.726. The molecular weight excluding hydrogens is 280 g/mol. The van der Waals surface area contributed by atoms with Crippen LogP contribution < -0.4 is 11.5 Å². The van der Waals surface area contributed by atoms with Gasteiger partial charge in [0, 0.05) is 12.2 Å². The molecule has 1 rings (SSSR count). The van der Waals surface area contributed by atoms with Crippen molar-refractivity contribution in [3.63, 3.8) is 0 Å². The highest BCUT2D eigenvalue weighted by Gasteiger charge is 2.32. The van der Waals surface area contributed by atoms with Gasteiger partial charge in [0.25, 0.3) is 10.0 Å². The number of primary amides is 1. The van der Waals surface area contributed by atoms with E-state index < -0.39 is 28.2 Å². The van der Waals surface area contributed by atoms with E-state index >= 15 is 0 Å². The fourth-order valence-corrected chi connectivity index (χ4v) is 2.21. The van der Waals surface area contributed by atoms with Crippen molar-refractivity contribution in [2.75, 3.05) is 12.3 Å². The predicted molar refractivity (Wildman–Crippen MR) is 65.4 cm³/mol. The fourth-order valence-electron chi connectivity index (χ4n) is 1.35. The van der Waals surface area contributed by atoms with Crippen LogP contribution in [0.15, 0.2) is 24.3 Å². The van der Waals surface area contributed by atoms with Crippen molar-refractivity contribution in [1.29, 1.82) is 0 Å². The minimum absolute atomic E-state index is 0.339. The maximum absolute atomic E-state index is 12.5. The van der Waals surface area contributed by atoms with Crippen molar-refractivity contribution >= 4 is 21.6 Å². The molecule has 0 saturated heterocycles. The van der Waals surface area contributed by atoms with Gasteiger partial charge in [0.05, 0.1) is 6.54 Å². The normalized spacial score (nSPS) is 12.0. The van der Waals surface area contributed by atoms with E-state index in [2.05, 4.69) is 0 Å². The maximum Gasteiger partial charge on any atom is 0.350 e. The maximum atomic E-state index is 12.5. The summed E-state index contributed by atoms with van der Waals surface area (Å²) < 4.78 is 48.1. The van der Waals surface area contributed by atoms with Gasteiger partial charge in [-0.05, 0) is 17.7 Å². The molecule has 0 aliphatic rings. The van der Waals surface area contributed by atoms with Crippen molar-refractivity contribution < 1.29 is 22.0 Å². The number of nitrogen functional groups attached to an aromatic ring is 1. The van der Waals surface area contributed by atoms with Crippen LogP contribution in [0.1, 0.15) is 5.56 Å². The van der Waals surface area contributed by atoms with Crippen molar-refractivity contribution in [2.24, 2.45) is 5.73 Å². The fraction of sp³-hybridized carbons (Fsp3) is 0.300. The third-order valence-corrected chi connectivity index (χ3v) is 3.68. The number of carbonyl (C=O) groups is 1. The van der Waals surface area contributed by atoms with Gasteiger partial charge in [0.1, 0.15) is 0 Å². The van der Waals surface area contributed by atoms with E-state index in [0.29, 0.717) is 15.6 Å². The van der Waals surface area contributed by atoms with Crippen LogP contribution in [0.4, 0.5) is 14.5 Å². The van der Waals surface area contributed by atoms with Crippen molar-refractivity contribution in [3.05, 3.63) is 29.8 Å². The first-order valence-corrected chi connectivity index (χ1v) is 6.63.